The highest BCUT2D eigenvalue weighted by atomic mass is 35.5. The number of nitrogens with zero attached hydrogens (tertiary/aromatic N) is 1. The molecule has 0 radical (unpaired) electrons. The van der Waals surface area contributed by atoms with E-state index in [1.165, 1.54) is 23.3 Å². The fraction of sp³-hybridized carbons (Fsp3) is 0.579. The van der Waals surface area contributed by atoms with Gasteiger partial charge >= 0.3 is 15.6 Å². The van der Waals surface area contributed by atoms with Crippen LogP contribution in [0.4, 0.5) is 13.2 Å². The summed E-state index contributed by atoms with van der Waals surface area (Å²) >= 11 is 5.99. The van der Waals surface area contributed by atoms with Crippen molar-refractivity contribution in [3.63, 3.8) is 0 Å². The van der Waals surface area contributed by atoms with Crippen molar-refractivity contribution in [2.45, 2.75) is 44.2 Å². The molecule has 2 heterocycles. The van der Waals surface area contributed by atoms with Gasteiger partial charge in [0.05, 0.1) is 17.2 Å². The first-order valence-electron chi connectivity index (χ1n) is 9.96. The Morgan fingerprint density at radius 2 is 1.88 bits per heavy atom. The molecule has 2 aliphatic rings. The van der Waals surface area contributed by atoms with Crippen LogP contribution < -0.4 is 21.1 Å². The summed E-state index contributed by atoms with van der Waals surface area (Å²) in [5, 5.41) is 4.40. The van der Waals surface area contributed by atoms with Crippen molar-refractivity contribution in [2.75, 3.05) is 26.7 Å². The summed E-state index contributed by atoms with van der Waals surface area (Å²) in [5.74, 6) is 4.55. The molecular weight excluding hydrogens is 473 g/mol. The minimum atomic E-state index is -5.76. The van der Waals surface area contributed by atoms with E-state index in [1.807, 2.05) is 13.8 Å². The molecule has 0 amide bonds. The lowest BCUT2D eigenvalue weighted by molar-refractivity contribution is -0.0802. The molecule has 0 atom stereocenters. The highest BCUT2D eigenvalue weighted by Gasteiger charge is 2.49. The van der Waals surface area contributed by atoms with E-state index in [0.29, 0.717) is 31.4 Å². The Kier molecular flexibility index (Phi) is 10.6. The van der Waals surface area contributed by atoms with Crippen LogP contribution >= 0.6 is 11.6 Å². The van der Waals surface area contributed by atoms with E-state index in [2.05, 4.69) is 9.50 Å². The highest BCUT2D eigenvalue weighted by molar-refractivity contribution is 7.88. The Hall–Kier alpha value is -1.73. The summed E-state index contributed by atoms with van der Waals surface area (Å²) < 4.78 is 70.0. The van der Waals surface area contributed by atoms with Crippen LogP contribution in [0.15, 0.2) is 24.5 Å². The molecule has 32 heavy (non-hydrogen) atoms. The lowest BCUT2D eigenvalue weighted by Gasteiger charge is -2.42. The summed E-state index contributed by atoms with van der Waals surface area (Å²) in [6, 6.07) is 2.73. The molecule has 1 spiro atoms. The molecule has 1 aromatic carbocycles. The maximum Gasteiger partial charge on any atom is 0.534 e. The maximum absolute atomic E-state index is 12.5. The molecule has 0 saturated carbocycles. The van der Waals surface area contributed by atoms with Crippen molar-refractivity contribution < 1.29 is 30.5 Å². The number of nitrogens with two attached hydrogens (primary N) is 2. The van der Waals surface area contributed by atoms with Gasteiger partial charge in [-0.15, -0.1) is 0 Å². The number of nitrogens with one attached hydrogen (secondary N) is 1. The SMILES string of the molecule is CC.CN(N)/C=C\N.O=S(=O)(Oc1cc2c(cc1Cl)C1(CCNCC1)OCC2)C(F)(F)F. The normalized spacial score (nSPS) is 17.5. The molecule has 0 unspecified atom stereocenters. The van der Waals surface area contributed by atoms with Crippen molar-refractivity contribution in [2.24, 2.45) is 11.6 Å². The van der Waals surface area contributed by atoms with E-state index in [0.717, 1.165) is 18.7 Å². The third-order valence-corrected chi connectivity index (χ3v) is 5.88. The van der Waals surface area contributed by atoms with Gasteiger partial charge in [0.2, 0.25) is 0 Å². The number of hydrogen-bond donors (Lipinski definition) is 3. The lowest BCUT2D eigenvalue weighted by atomic mass is 9.80. The Morgan fingerprint density at radius 1 is 1.28 bits per heavy atom. The number of alkyl halides is 3. The van der Waals surface area contributed by atoms with Crippen molar-refractivity contribution in [1.29, 1.82) is 0 Å². The lowest BCUT2D eigenvalue weighted by Crippen LogP contribution is -2.44. The third-order valence-electron chi connectivity index (χ3n) is 4.61. The summed E-state index contributed by atoms with van der Waals surface area (Å²) in [6.45, 7) is 5.90. The molecule has 8 nitrogen and oxygen atoms in total. The summed E-state index contributed by atoms with van der Waals surface area (Å²) in [6.07, 6.45) is 4.79. The highest BCUT2D eigenvalue weighted by Crippen LogP contribution is 2.44. The minimum Gasteiger partial charge on any atom is -0.403 e. The third kappa shape index (κ3) is 7.14. The Balaban J connectivity index is 0.000000556. The predicted molar refractivity (Wildman–Crippen MR) is 117 cm³/mol. The number of fused-ring (bicyclic) bond motifs is 2. The van der Waals surface area contributed by atoms with Crippen LogP contribution in [0.3, 0.4) is 0 Å². The zero-order chi connectivity index (χ0) is 24.6. The zero-order valence-corrected chi connectivity index (χ0v) is 19.8. The van der Waals surface area contributed by atoms with Gasteiger partial charge in [0.1, 0.15) is 0 Å². The molecule has 3 rings (SSSR count). The number of rotatable bonds is 3. The van der Waals surface area contributed by atoms with Gasteiger partial charge in [0, 0.05) is 19.4 Å². The molecule has 5 N–H and O–H groups in total. The van der Waals surface area contributed by atoms with Crippen molar-refractivity contribution >= 4 is 21.7 Å². The largest absolute Gasteiger partial charge is 0.534 e. The molecule has 0 aromatic heterocycles. The second-order valence-corrected chi connectivity index (χ2v) is 8.72. The average molecular weight is 503 g/mol. The summed E-state index contributed by atoms with van der Waals surface area (Å²) in [5.41, 5.74) is 0.364. The average Bonchev–Trinajstić information content (AvgIpc) is 2.71. The first kappa shape index (κ1) is 28.3. The van der Waals surface area contributed by atoms with Crippen molar-refractivity contribution in [3.8, 4) is 5.75 Å². The maximum atomic E-state index is 12.5. The molecule has 2 aliphatic heterocycles. The number of piperidine rings is 1. The molecule has 184 valence electrons. The van der Waals surface area contributed by atoms with Gasteiger partial charge in [0.15, 0.2) is 5.75 Å². The molecule has 1 saturated heterocycles. The van der Waals surface area contributed by atoms with Crippen LogP contribution in [-0.4, -0.2) is 45.7 Å². The van der Waals surface area contributed by atoms with Gasteiger partial charge in [-0.05, 0) is 55.6 Å². The second kappa shape index (κ2) is 11.9. The molecule has 0 aliphatic carbocycles. The topological polar surface area (TPSA) is 120 Å². The van der Waals surface area contributed by atoms with E-state index in [4.69, 9.17) is 27.9 Å². The minimum absolute atomic E-state index is 0.190. The predicted octanol–water partition coefficient (Wildman–Crippen LogP) is 2.97. The first-order chi connectivity index (χ1) is 14.9. The van der Waals surface area contributed by atoms with Crippen molar-refractivity contribution in [1.82, 2.24) is 10.3 Å². The second-order valence-electron chi connectivity index (χ2n) is 6.77. The molecular formula is C19H30ClF3N4O4S. The van der Waals surface area contributed by atoms with Crippen LogP contribution in [0.5, 0.6) is 5.75 Å². The monoisotopic (exact) mass is 502 g/mol. The quantitative estimate of drug-likeness (QED) is 0.250. The van der Waals surface area contributed by atoms with E-state index < -0.39 is 27.0 Å². The fourth-order valence-corrected chi connectivity index (χ4v) is 3.99. The number of benzene rings is 1. The molecule has 13 heteroatoms. The van der Waals surface area contributed by atoms with E-state index in [9.17, 15) is 21.6 Å². The zero-order valence-electron chi connectivity index (χ0n) is 18.2. The fourth-order valence-electron chi connectivity index (χ4n) is 3.27. The van der Waals surface area contributed by atoms with Crippen LogP contribution in [0.25, 0.3) is 0 Å². The Morgan fingerprint density at radius 3 is 2.34 bits per heavy atom. The van der Waals surface area contributed by atoms with Crippen molar-refractivity contribution in [3.05, 3.63) is 40.7 Å². The number of halogens is 4. The van der Waals surface area contributed by atoms with Crippen LogP contribution in [-0.2, 0) is 26.9 Å². The van der Waals surface area contributed by atoms with E-state index >= 15 is 0 Å². The van der Waals surface area contributed by atoms with E-state index in [1.54, 1.807) is 13.2 Å². The van der Waals surface area contributed by atoms with Crippen LogP contribution in [0.1, 0.15) is 37.8 Å². The van der Waals surface area contributed by atoms with Gasteiger partial charge < -0.3 is 25.0 Å². The van der Waals surface area contributed by atoms with Crippen LogP contribution in [0, 0.1) is 0 Å². The van der Waals surface area contributed by atoms with E-state index in [-0.39, 0.29) is 5.02 Å². The summed E-state index contributed by atoms with van der Waals surface area (Å²) in [7, 11) is -4.06. The first-order valence-corrected chi connectivity index (χ1v) is 11.7. The summed E-state index contributed by atoms with van der Waals surface area (Å²) in [4.78, 5) is 0. The van der Waals surface area contributed by atoms with Gasteiger partial charge in [-0.1, -0.05) is 25.4 Å². The van der Waals surface area contributed by atoms with Gasteiger partial charge in [-0.2, -0.15) is 21.6 Å². The molecule has 1 fully saturated rings. The number of hydrogen-bond acceptors (Lipinski definition) is 8. The number of hydrazine groups is 1. The molecule has 0 bridgehead atoms. The molecule has 1 aromatic rings. The van der Waals surface area contributed by atoms with Gasteiger partial charge in [0.25, 0.3) is 0 Å². The van der Waals surface area contributed by atoms with Gasteiger partial charge in [-0.3, -0.25) is 0 Å². The number of ether oxygens (including phenoxy) is 1. The van der Waals surface area contributed by atoms with Gasteiger partial charge in [-0.25, -0.2) is 5.84 Å². The Bertz CT molecular complexity index is 874. The van der Waals surface area contributed by atoms with Crippen LogP contribution in [0.2, 0.25) is 5.02 Å². The Labute approximate surface area is 191 Å². The standard InChI is InChI=1S/C14H15ClF3NO4S.C3H9N3.C2H6/c15-11-8-10-9(1-6-22-13(10)2-4-19-5-3-13)7-12(11)23-24(20,21)14(16,17)18;1-6(5)3-2-4;1-2/h7-8,19H,1-6H2;2-3H,4-5H2,1H3;1-2H3/b;3-2-;. The smallest absolute Gasteiger partial charge is 0.403 e.